The first-order valence-corrected chi connectivity index (χ1v) is 8.30. The van der Waals surface area contributed by atoms with Crippen molar-refractivity contribution in [2.75, 3.05) is 6.54 Å². The molecular formula is C18H16ClF2N3. The Kier molecular flexibility index (Phi) is 3.98. The lowest BCUT2D eigenvalue weighted by molar-refractivity contribution is 0.241. The molecule has 0 amide bonds. The summed E-state index contributed by atoms with van der Waals surface area (Å²) in [6.07, 6.45) is 2.00. The summed E-state index contributed by atoms with van der Waals surface area (Å²) in [7, 11) is 0. The fourth-order valence-corrected chi connectivity index (χ4v) is 3.67. The Balaban J connectivity index is 1.61. The summed E-state index contributed by atoms with van der Waals surface area (Å²) in [6.45, 7) is 1.51. The van der Waals surface area contributed by atoms with Crippen molar-refractivity contribution in [3.05, 3.63) is 64.4 Å². The van der Waals surface area contributed by atoms with Gasteiger partial charge in [-0.1, -0.05) is 11.6 Å². The molecule has 2 heterocycles. The van der Waals surface area contributed by atoms with E-state index in [-0.39, 0.29) is 17.7 Å². The number of fused-ring (bicyclic) bond motifs is 1. The molecule has 6 heteroatoms. The van der Waals surface area contributed by atoms with Gasteiger partial charge in [0.15, 0.2) is 0 Å². The van der Waals surface area contributed by atoms with Gasteiger partial charge in [0.1, 0.15) is 17.5 Å². The highest BCUT2D eigenvalue weighted by molar-refractivity contribution is 6.30. The fraction of sp³-hybridized carbons (Fsp3) is 0.278. The lowest BCUT2D eigenvalue weighted by Crippen LogP contribution is -2.23. The highest BCUT2D eigenvalue weighted by Crippen LogP contribution is 2.33. The smallest absolute Gasteiger partial charge is 0.125 e. The Morgan fingerprint density at radius 3 is 2.88 bits per heavy atom. The van der Waals surface area contributed by atoms with Crippen LogP contribution in [0.4, 0.5) is 8.78 Å². The maximum Gasteiger partial charge on any atom is 0.125 e. The van der Waals surface area contributed by atoms with Gasteiger partial charge in [0.2, 0.25) is 0 Å². The van der Waals surface area contributed by atoms with Crippen LogP contribution in [0, 0.1) is 11.6 Å². The molecule has 3 nitrogen and oxygen atoms in total. The molecule has 2 aromatic carbocycles. The second-order valence-electron chi connectivity index (χ2n) is 6.19. The first-order valence-electron chi connectivity index (χ1n) is 7.93. The third-order valence-electron chi connectivity index (χ3n) is 4.45. The number of nitrogens with zero attached hydrogens (tertiary/aromatic N) is 2. The number of rotatable bonds is 3. The maximum absolute atomic E-state index is 13.5. The highest BCUT2D eigenvalue weighted by atomic mass is 35.5. The van der Waals surface area contributed by atoms with Crippen molar-refractivity contribution in [3.63, 3.8) is 0 Å². The van der Waals surface area contributed by atoms with E-state index in [4.69, 9.17) is 11.6 Å². The highest BCUT2D eigenvalue weighted by Gasteiger charge is 2.28. The van der Waals surface area contributed by atoms with Crippen LogP contribution in [0.2, 0.25) is 5.02 Å². The number of hydrogen-bond acceptors (Lipinski definition) is 2. The van der Waals surface area contributed by atoms with Gasteiger partial charge < -0.3 is 4.98 Å². The van der Waals surface area contributed by atoms with Crippen LogP contribution in [0.1, 0.15) is 30.3 Å². The summed E-state index contributed by atoms with van der Waals surface area (Å²) in [5.41, 5.74) is 2.30. The predicted molar refractivity (Wildman–Crippen MR) is 89.8 cm³/mol. The molecular weight excluding hydrogens is 332 g/mol. The number of aromatic amines is 1. The number of benzene rings is 2. The quantitative estimate of drug-likeness (QED) is 0.735. The van der Waals surface area contributed by atoms with Crippen molar-refractivity contribution < 1.29 is 8.78 Å². The van der Waals surface area contributed by atoms with E-state index in [1.807, 2.05) is 0 Å². The van der Waals surface area contributed by atoms with Crippen LogP contribution in [0.5, 0.6) is 0 Å². The number of H-pyrrole nitrogens is 1. The third-order valence-corrected chi connectivity index (χ3v) is 4.67. The van der Waals surface area contributed by atoms with Crippen molar-refractivity contribution in [3.8, 4) is 0 Å². The number of aromatic nitrogens is 2. The normalized spacial score (nSPS) is 18.5. The van der Waals surface area contributed by atoms with E-state index < -0.39 is 0 Å². The maximum atomic E-state index is 13.5. The van der Waals surface area contributed by atoms with Gasteiger partial charge in [0.25, 0.3) is 0 Å². The molecule has 24 heavy (non-hydrogen) atoms. The minimum absolute atomic E-state index is 0.113. The van der Waals surface area contributed by atoms with Crippen LogP contribution in [0.15, 0.2) is 36.4 Å². The van der Waals surface area contributed by atoms with Crippen molar-refractivity contribution in [1.29, 1.82) is 0 Å². The molecule has 0 aliphatic carbocycles. The minimum Gasteiger partial charge on any atom is -0.341 e. The van der Waals surface area contributed by atoms with Gasteiger partial charge in [-0.25, -0.2) is 13.8 Å². The number of hydrogen-bond donors (Lipinski definition) is 1. The average molecular weight is 348 g/mol. The lowest BCUT2D eigenvalue weighted by atomic mass is 10.1. The van der Waals surface area contributed by atoms with Crippen LogP contribution < -0.4 is 0 Å². The van der Waals surface area contributed by atoms with Crippen molar-refractivity contribution in [2.45, 2.75) is 25.4 Å². The summed E-state index contributed by atoms with van der Waals surface area (Å²) in [4.78, 5) is 10.1. The van der Waals surface area contributed by atoms with E-state index in [0.29, 0.717) is 17.1 Å². The molecule has 1 saturated heterocycles. The Bertz CT molecular complexity index is 873. The average Bonchev–Trinajstić information content (AvgIpc) is 3.11. The Morgan fingerprint density at radius 1 is 1.17 bits per heavy atom. The number of imidazole rings is 1. The molecule has 4 rings (SSSR count). The van der Waals surface area contributed by atoms with Gasteiger partial charge in [-0.2, -0.15) is 0 Å². The van der Waals surface area contributed by atoms with Gasteiger partial charge in [0.05, 0.1) is 17.1 Å². The SMILES string of the molecule is Fc1cc(Cl)cc(CN2CCCC2c2nc3ccc(F)cc3[nH]2)c1. The van der Waals surface area contributed by atoms with E-state index in [2.05, 4.69) is 14.9 Å². The molecule has 1 N–H and O–H groups in total. The van der Waals surface area contributed by atoms with Gasteiger partial charge in [-0.3, -0.25) is 4.90 Å². The second kappa shape index (κ2) is 6.15. The molecule has 0 spiro atoms. The molecule has 1 fully saturated rings. The van der Waals surface area contributed by atoms with Crippen molar-refractivity contribution in [2.24, 2.45) is 0 Å². The minimum atomic E-state index is -0.326. The van der Waals surface area contributed by atoms with E-state index in [1.165, 1.54) is 24.3 Å². The van der Waals surface area contributed by atoms with Gasteiger partial charge in [-0.05, 0) is 61.3 Å². The molecule has 1 unspecified atom stereocenters. The summed E-state index contributed by atoms with van der Waals surface area (Å²) in [6, 6.07) is 9.26. The number of likely N-dealkylation sites (tertiary alicyclic amines) is 1. The van der Waals surface area contributed by atoms with Crippen molar-refractivity contribution >= 4 is 22.6 Å². The van der Waals surface area contributed by atoms with Crippen LogP contribution in [0.3, 0.4) is 0 Å². The Hall–Kier alpha value is -1.98. The van der Waals surface area contributed by atoms with E-state index >= 15 is 0 Å². The van der Waals surface area contributed by atoms with Crippen LogP contribution >= 0.6 is 11.6 Å². The van der Waals surface area contributed by atoms with Gasteiger partial charge in [0, 0.05) is 11.6 Å². The zero-order chi connectivity index (χ0) is 16.7. The lowest BCUT2D eigenvalue weighted by Gasteiger charge is -2.23. The molecule has 0 radical (unpaired) electrons. The molecule has 0 saturated carbocycles. The molecule has 124 valence electrons. The fourth-order valence-electron chi connectivity index (χ4n) is 3.42. The molecule has 0 bridgehead atoms. The van der Waals surface area contributed by atoms with E-state index in [0.717, 1.165) is 36.3 Å². The summed E-state index contributed by atoms with van der Waals surface area (Å²) < 4.78 is 26.9. The predicted octanol–water partition coefficient (Wildman–Crippen LogP) is 4.83. The molecule has 1 aromatic heterocycles. The topological polar surface area (TPSA) is 31.9 Å². The van der Waals surface area contributed by atoms with Crippen LogP contribution in [-0.4, -0.2) is 21.4 Å². The first-order chi connectivity index (χ1) is 11.6. The van der Waals surface area contributed by atoms with E-state index in [9.17, 15) is 8.78 Å². The summed E-state index contributed by atoms with van der Waals surface area (Å²) in [5, 5.41) is 0.403. The second-order valence-corrected chi connectivity index (χ2v) is 6.63. The summed E-state index contributed by atoms with van der Waals surface area (Å²) >= 11 is 5.94. The Morgan fingerprint density at radius 2 is 2.04 bits per heavy atom. The van der Waals surface area contributed by atoms with E-state index in [1.54, 1.807) is 12.1 Å². The third kappa shape index (κ3) is 3.01. The zero-order valence-corrected chi connectivity index (χ0v) is 13.7. The molecule has 1 atom stereocenters. The van der Waals surface area contributed by atoms with Gasteiger partial charge >= 0.3 is 0 Å². The van der Waals surface area contributed by atoms with Crippen LogP contribution in [0.25, 0.3) is 11.0 Å². The van der Waals surface area contributed by atoms with Crippen molar-refractivity contribution in [1.82, 2.24) is 14.9 Å². The molecule has 1 aliphatic rings. The monoisotopic (exact) mass is 347 g/mol. The molecule has 3 aromatic rings. The summed E-state index contributed by atoms with van der Waals surface area (Å²) in [5.74, 6) is 0.221. The first kappa shape index (κ1) is 15.5. The van der Waals surface area contributed by atoms with Crippen LogP contribution in [-0.2, 0) is 6.54 Å². The number of halogens is 3. The zero-order valence-electron chi connectivity index (χ0n) is 12.9. The molecule has 1 aliphatic heterocycles. The Labute approximate surface area is 143 Å². The largest absolute Gasteiger partial charge is 0.341 e. The van der Waals surface area contributed by atoms with Gasteiger partial charge in [-0.15, -0.1) is 0 Å². The standard InChI is InChI=1S/C18H16ClF2N3/c19-12-6-11(7-14(21)8-12)10-24-5-1-2-17(24)18-22-15-4-3-13(20)9-16(15)23-18/h3-4,6-9,17H,1-2,5,10H2,(H,22,23). The number of nitrogens with one attached hydrogen (secondary N) is 1.